The molecule has 0 spiro atoms. The molecule has 3 N–H and O–H groups in total. The maximum Gasteiger partial charge on any atom is 0.327 e. The first-order valence-electron chi connectivity index (χ1n) is 5.53. The zero-order chi connectivity index (χ0) is 13.3. The fourth-order valence-electron chi connectivity index (χ4n) is 1.74. The molecule has 6 heteroatoms. The Hall–Kier alpha value is -1.69. The minimum Gasteiger partial charge on any atom is -0.488 e. The molecule has 1 fully saturated rings. The van der Waals surface area contributed by atoms with Crippen LogP contribution in [0.4, 0.5) is 8.78 Å². The van der Waals surface area contributed by atoms with Crippen molar-refractivity contribution in [3.63, 3.8) is 0 Å². The van der Waals surface area contributed by atoms with Crippen LogP contribution in [-0.4, -0.2) is 23.2 Å². The third-order valence-corrected chi connectivity index (χ3v) is 3.06. The summed E-state index contributed by atoms with van der Waals surface area (Å²) < 4.78 is 31.0. The van der Waals surface area contributed by atoms with E-state index in [0.717, 1.165) is 25.0 Å². The van der Waals surface area contributed by atoms with Crippen molar-refractivity contribution >= 4 is 5.97 Å². The molecule has 0 heterocycles. The third kappa shape index (κ3) is 2.43. The first-order valence-corrected chi connectivity index (χ1v) is 5.53. The maximum atomic E-state index is 13.3. The van der Waals surface area contributed by atoms with Crippen molar-refractivity contribution in [3.05, 3.63) is 29.8 Å². The predicted molar refractivity (Wildman–Crippen MR) is 59.1 cm³/mol. The summed E-state index contributed by atoms with van der Waals surface area (Å²) in [5, 5.41) is 9.08. The smallest absolute Gasteiger partial charge is 0.327 e. The standard InChI is InChI=1S/C12H13F2NO3/c13-8-3-4-10(9(14)5-8)18-6-12(15,11(16)17)7-1-2-7/h3-5,7H,1-2,6,15H2,(H,16,17). The molecule has 1 aliphatic rings. The molecule has 1 aromatic rings. The lowest BCUT2D eigenvalue weighted by molar-refractivity contribution is -0.145. The van der Waals surface area contributed by atoms with Gasteiger partial charge in [-0.3, -0.25) is 4.79 Å². The van der Waals surface area contributed by atoms with Crippen LogP contribution in [0, 0.1) is 17.6 Å². The van der Waals surface area contributed by atoms with E-state index in [-0.39, 0.29) is 18.3 Å². The zero-order valence-electron chi connectivity index (χ0n) is 9.53. The summed E-state index contributed by atoms with van der Waals surface area (Å²) in [5.41, 5.74) is 4.24. The van der Waals surface area contributed by atoms with E-state index >= 15 is 0 Å². The normalized spacial score (nSPS) is 18.2. The van der Waals surface area contributed by atoms with Crippen LogP contribution in [-0.2, 0) is 4.79 Å². The lowest BCUT2D eigenvalue weighted by Crippen LogP contribution is -2.54. The van der Waals surface area contributed by atoms with Gasteiger partial charge in [0.05, 0.1) is 0 Å². The van der Waals surface area contributed by atoms with Crippen molar-refractivity contribution in [3.8, 4) is 5.75 Å². The van der Waals surface area contributed by atoms with Gasteiger partial charge in [0.15, 0.2) is 17.1 Å². The number of halogens is 2. The van der Waals surface area contributed by atoms with Gasteiger partial charge in [-0.2, -0.15) is 0 Å². The molecule has 4 nitrogen and oxygen atoms in total. The topological polar surface area (TPSA) is 72.5 Å². The molecule has 18 heavy (non-hydrogen) atoms. The van der Waals surface area contributed by atoms with Gasteiger partial charge in [0, 0.05) is 6.07 Å². The quantitative estimate of drug-likeness (QED) is 0.839. The summed E-state index contributed by atoms with van der Waals surface area (Å²) in [6.07, 6.45) is 1.44. The Morgan fingerprint density at radius 1 is 1.50 bits per heavy atom. The Balaban J connectivity index is 2.08. The summed E-state index contributed by atoms with van der Waals surface area (Å²) in [6.45, 7) is -0.338. The monoisotopic (exact) mass is 257 g/mol. The highest BCUT2D eigenvalue weighted by atomic mass is 19.1. The van der Waals surface area contributed by atoms with Crippen molar-refractivity contribution in [1.29, 1.82) is 0 Å². The highest BCUT2D eigenvalue weighted by Crippen LogP contribution is 2.38. The van der Waals surface area contributed by atoms with E-state index in [9.17, 15) is 13.6 Å². The first kappa shape index (κ1) is 12.8. The van der Waals surface area contributed by atoms with Crippen LogP contribution in [0.3, 0.4) is 0 Å². The second kappa shape index (κ2) is 4.53. The van der Waals surface area contributed by atoms with Crippen LogP contribution in [0.2, 0.25) is 0 Å². The van der Waals surface area contributed by atoms with Crippen LogP contribution in [0.25, 0.3) is 0 Å². The van der Waals surface area contributed by atoms with Gasteiger partial charge >= 0.3 is 5.97 Å². The van der Waals surface area contributed by atoms with E-state index in [4.69, 9.17) is 15.6 Å². The summed E-state index contributed by atoms with van der Waals surface area (Å²) in [6, 6.07) is 2.82. The number of carboxylic acid groups (broad SMARTS) is 1. The Morgan fingerprint density at radius 2 is 2.17 bits per heavy atom. The van der Waals surface area contributed by atoms with Crippen molar-refractivity contribution in [2.45, 2.75) is 18.4 Å². The molecule has 0 aliphatic heterocycles. The summed E-state index contributed by atoms with van der Waals surface area (Å²) >= 11 is 0. The Bertz CT molecular complexity index is 476. The van der Waals surface area contributed by atoms with Crippen LogP contribution in [0.1, 0.15) is 12.8 Å². The molecular formula is C12H13F2NO3. The lowest BCUT2D eigenvalue weighted by Gasteiger charge is -2.24. The second-order valence-corrected chi connectivity index (χ2v) is 4.48. The average Bonchev–Trinajstić information content (AvgIpc) is 3.11. The SMILES string of the molecule is NC(COc1ccc(F)cc1F)(C(=O)O)C1CC1. The number of hydrogen-bond donors (Lipinski definition) is 2. The number of aliphatic carboxylic acids is 1. The van der Waals surface area contributed by atoms with E-state index in [0.29, 0.717) is 6.07 Å². The number of benzene rings is 1. The molecular weight excluding hydrogens is 244 g/mol. The lowest BCUT2D eigenvalue weighted by atomic mass is 9.96. The Morgan fingerprint density at radius 3 is 2.67 bits per heavy atom. The minimum atomic E-state index is -1.51. The molecule has 98 valence electrons. The molecule has 1 aliphatic carbocycles. The van der Waals surface area contributed by atoms with Gasteiger partial charge < -0.3 is 15.6 Å². The molecule has 1 saturated carbocycles. The van der Waals surface area contributed by atoms with Crippen molar-refractivity contribution in [1.82, 2.24) is 0 Å². The molecule has 1 aromatic carbocycles. The number of carboxylic acids is 1. The highest BCUT2D eigenvalue weighted by Gasteiger charge is 2.49. The molecule has 2 rings (SSSR count). The largest absolute Gasteiger partial charge is 0.488 e. The Kier molecular flexibility index (Phi) is 3.21. The van der Waals surface area contributed by atoms with Crippen LogP contribution in [0.15, 0.2) is 18.2 Å². The van der Waals surface area contributed by atoms with Gasteiger partial charge in [-0.05, 0) is 30.9 Å². The fourth-order valence-corrected chi connectivity index (χ4v) is 1.74. The summed E-state index contributed by atoms with van der Waals surface area (Å²) in [7, 11) is 0. The van der Waals surface area contributed by atoms with Crippen LogP contribution < -0.4 is 10.5 Å². The van der Waals surface area contributed by atoms with Crippen molar-refractivity contribution < 1.29 is 23.4 Å². The number of ether oxygens (including phenoxy) is 1. The molecule has 1 unspecified atom stereocenters. The van der Waals surface area contributed by atoms with E-state index in [1.165, 1.54) is 0 Å². The molecule has 0 radical (unpaired) electrons. The van der Waals surface area contributed by atoms with Gasteiger partial charge in [-0.25, -0.2) is 8.78 Å². The molecule has 0 amide bonds. The van der Waals surface area contributed by atoms with Crippen molar-refractivity contribution in [2.24, 2.45) is 11.7 Å². The number of hydrogen-bond acceptors (Lipinski definition) is 3. The van der Waals surface area contributed by atoms with E-state index in [1.807, 2.05) is 0 Å². The Labute approximate surface area is 102 Å². The minimum absolute atomic E-state index is 0.154. The zero-order valence-corrected chi connectivity index (χ0v) is 9.53. The van der Waals surface area contributed by atoms with E-state index in [1.54, 1.807) is 0 Å². The van der Waals surface area contributed by atoms with E-state index in [2.05, 4.69) is 0 Å². The van der Waals surface area contributed by atoms with E-state index < -0.39 is 23.1 Å². The van der Waals surface area contributed by atoms with Crippen LogP contribution in [0.5, 0.6) is 5.75 Å². The fraction of sp³-hybridized carbons (Fsp3) is 0.417. The van der Waals surface area contributed by atoms with Crippen molar-refractivity contribution in [2.75, 3.05) is 6.61 Å². The highest BCUT2D eigenvalue weighted by molar-refractivity contribution is 5.79. The number of rotatable bonds is 5. The van der Waals surface area contributed by atoms with Crippen LogP contribution >= 0.6 is 0 Å². The summed E-state index contributed by atoms with van der Waals surface area (Å²) in [4.78, 5) is 11.1. The van der Waals surface area contributed by atoms with Gasteiger partial charge in [0.1, 0.15) is 12.4 Å². The van der Waals surface area contributed by atoms with Gasteiger partial charge in [-0.15, -0.1) is 0 Å². The molecule has 0 aromatic heterocycles. The molecule has 0 saturated heterocycles. The molecule has 1 atom stereocenters. The second-order valence-electron chi connectivity index (χ2n) is 4.48. The van der Waals surface area contributed by atoms with Gasteiger partial charge in [0.25, 0.3) is 0 Å². The number of carbonyl (C=O) groups is 1. The average molecular weight is 257 g/mol. The van der Waals surface area contributed by atoms with Gasteiger partial charge in [0.2, 0.25) is 0 Å². The predicted octanol–water partition coefficient (Wildman–Crippen LogP) is 1.54. The maximum absolute atomic E-state index is 13.3. The molecule has 0 bridgehead atoms. The third-order valence-electron chi connectivity index (χ3n) is 3.06. The first-order chi connectivity index (χ1) is 8.43. The number of nitrogens with two attached hydrogens (primary N) is 1. The van der Waals surface area contributed by atoms with Gasteiger partial charge in [-0.1, -0.05) is 0 Å². The summed E-state index contributed by atoms with van der Waals surface area (Å²) in [5.74, 6) is -3.13.